The zero-order chi connectivity index (χ0) is 18.5. The van der Waals surface area contributed by atoms with Crippen molar-refractivity contribution >= 4 is 29.9 Å². The number of rotatable bonds is 4. The first kappa shape index (κ1) is 21.6. The van der Waals surface area contributed by atoms with Crippen LogP contribution in [0, 0.1) is 5.92 Å². The maximum absolute atomic E-state index is 5.79. The van der Waals surface area contributed by atoms with Crippen LogP contribution in [0.4, 0.5) is 0 Å². The smallest absolute Gasteiger partial charge is 0.193 e. The number of guanidine groups is 1. The summed E-state index contributed by atoms with van der Waals surface area (Å²) < 4.78 is 11.3. The predicted octanol–water partition coefficient (Wildman–Crippen LogP) is 2.40. The summed E-state index contributed by atoms with van der Waals surface area (Å²) in [6.45, 7) is 9.01. The zero-order valence-corrected chi connectivity index (χ0v) is 19.1. The Balaban J connectivity index is 0.00000225. The van der Waals surface area contributed by atoms with E-state index in [0.717, 1.165) is 76.6 Å². The highest BCUT2D eigenvalue weighted by molar-refractivity contribution is 14.0. The van der Waals surface area contributed by atoms with Crippen LogP contribution < -0.4 is 10.1 Å². The molecular weight excluding hydrogens is 467 g/mol. The average Bonchev–Trinajstić information content (AvgIpc) is 3.17. The number of halogens is 1. The van der Waals surface area contributed by atoms with E-state index in [0.29, 0.717) is 5.92 Å². The van der Waals surface area contributed by atoms with Gasteiger partial charge in [0.25, 0.3) is 0 Å². The molecule has 1 N–H and O–H groups in total. The van der Waals surface area contributed by atoms with E-state index in [1.165, 1.54) is 18.5 Å². The number of benzene rings is 1. The van der Waals surface area contributed by atoms with Crippen LogP contribution in [0.1, 0.15) is 24.3 Å². The second-order valence-corrected chi connectivity index (χ2v) is 7.81. The van der Waals surface area contributed by atoms with Gasteiger partial charge in [-0.3, -0.25) is 9.89 Å². The first-order valence-corrected chi connectivity index (χ1v) is 10.3. The number of morpholine rings is 1. The van der Waals surface area contributed by atoms with Crippen LogP contribution in [0.5, 0.6) is 5.75 Å². The van der Waals surface area contributed by atoms with E-state index in [4.69, 9.17) is 9.47 Å². The Hall–Kier alpha value is -1.06. The second kappa shape index (κ2) is 10.6. The first-order valence-electron chi connectivity index (χ1n) is 10.3. The summed E-state index contributed by atoms with van der Waals surface area (Å²) in [4.78, 5) is 9.53. The van der Waals surface area contributed by atoms with Gasteiger partial charge in [-0.05, 0) is 30.4 Å². The molecule has 1 aromatic carbocycles. The van der Waals surface area contributed by atoms with Gasteiger partial charge in [0.1, 0.15) is 5.75 Å². The Morgan fingerprint density at radius 1 is 1.14 bits per heavy atom. The molecule has 0 amide bonds. The summed E-state index contributed by atoms with van der Waals surface area (Å²) >= 11 is 0. The standard InChI is InChI=1S/C21H32N4O2.HI/c1-22-21(23-14-18-7-11-27-20-5-3-2-4-19(18)20)25-8-6-17(16-25)15-24-9-12-26-13-10-24;/h2-5,17-18H,6-16H2,1H3,(H,22,23);1H. The van der Waals surface area contributed by atoms with Gasteiger partial charge in [0.2, 0.25) is 0 Å². The maximum atomic E-state index is 5.79. The SMILES string of the molecule is CN=C(NCC1CCOc2ccccc21)N1CCC(CN2CCOCC2)C1.I. The highest BCUT2D eigenvalue weighted by Crippen LogP contribution is 2.32. The largest absolute Gasteiger partial charge is 0.493 e. The maximum Gasteiger partial charge on any atom is 0.193 e. The van der Waals surface area contributed by atoms with Crippen LogP contribution in [-0.4, -0.2) is 81.9 Å². The molecule has 3 aliphatic heterocycles. The molecule has 4 rings (SSSR count). The molecule has 1 aromatic rings. The van der Waals surface area contributed by atoms with Crippen molar-refractivity contribution in [1.29, 1.82) is 0 Å². The second-order valence-electron chi connectivity index (χ2n) is 7.81. The Kier molecular flexibility index (Phi) is 8.23. The van der Waals surface area contributed by atoms with Gasteiger partial charge in [-0.25, -0.2) is 0 Å². The molecular formula is C21H33IN4O2. The molecule has 0 aromatic heterocycles. The fourth-order valence-electron chi connectivity index (χ4n) is 4.50. The predicted molar refractivity (Wildman–Crippen MR) is 123 cm³/mol. The highest BCUT2D eigenvalue weighted by Gasteiger charge is 2.28. The summed E-state index contributed by atoms with van der Waals surface area (Å²) in [5.41, 5.74) is 1.32. The number of para-hydroxylation sites is 1. The van der Waals surface area contributed by atoms with E-state index in [1.54, 1.807) is 0 Å². The van der Waals surface area contributed by atoms with Gasteiger partial charge in [-0.1, -0.05) is 18.2 Å². The van der Waals surface area contributed by atoms with E-state index in [-0.39, 0.29) is 24.0 Å². The number of hydrogen-bond donors (Lipinski definition) is 1. The highest BCUT2D eigenvalue weighted by atomic mass is 127. The molecule has 6 nitrogen and oxygen atoms in total. The van der Waals surface area contributed by atoms with Crippen LogP contribution in [0.2, 0.25) is 0 Å². The van der Waals surface area contributed by atoms with Crippen LogP contribution in [0.15, 0.2) is 29.3 Å². The molecule has 0 aliphatic carbocycles. The number of likely N-dealkylation sites (tertiary alicyclic amines) is 1. The normalized spacial score (nSPS) is 25.6. The average molecular weight is 500 g/mol. The van der Waals surface area contributed by atoms with Gasteiger partial charge < -0.3 is 19.7 Å². The first-order chi connectivity index (χ1) is 13.3. The Morgan fingerprint density at radius 3 is 2.79 bits per heavy atom. The summed E-state index contributed by atoms with van der Waals surface area (Å²) in [6, 6.07) is 8.42. The van der Waals surface area contributed by atoms with Crippen LogP contribution in [0.3, 0.4) is 0 Å². The van der Waals surface area contributed by atoms with Crippen molar-refractivity contribution in [2.75, 3.05) is 66.1 Å². The lowest BCUT2D eigenvalue weighted by Gasteiger charge is -2.30. The third-order valence-electron chi connectivity index (χ3n) is 6.01. The number of nitrogens with zero attached hydrogens (tertiary/aromatic N) is 3. The topological polar surface area (TPSA) is 49.3 Å². The summed E-state index contributed by atoms with van der Waals surface area (Å²) in [5.74, 6) is 3.30. The molecule has 28 heavy (non-hydrogen) atoms. The minimum atomic E-state index is 0. The minimum Gasteiger partial charge on any atom is -0.493 e. The van der Waals surface area contributed by atoms with Gasteiger partial charge >= 0.3 is 0 Å². The van der Waals surface area contributed by atoms with Crippen molar-refractivity contribution in [3.05, 3.63) is 29.8 Å². The van der Waals surface area contributed by atoms with E-state index in [1.807, 2.05) is 13.1 Å². The van der Waals surface area contributed by atoms with Gasteiger partial charge in [0.15, 0.2) is 5.96 Å². The summed E-state index contributed by atoms with van der Waals surface area (Å²) in [6.07, 6.45) is 2.30. The van der Waals surface area contributed by atoms with Crippen LogP contribution in [-0.2, 0) is 4.74 Å². The van der Waals surface area contributed by atoms with Gasteiger partial charge in [0, 0.05) is 52.2 Å². The van der Waals surface area contributed by atoms with Crippen molar-refractivity contribution in [3.63, 3.8) is 0 Å². The molecule has 3 heterocycles. The quantitative estimate of drug-likeness (QED) is 0.391. The molecule has 0 saturated carbocycles. The molecule has 7 heteroatoms. The number of hydrogen-bond acceptors (Lipinski definition) is 4. The van der Waals surface area contributed by atoms with Gasteiger partial charge in [-0.2, -0.15) is 0 Å². The third kappa shape index (κ3) is 5.30. The number of aliphatic imine (C=N–C) groups is 1. The molecule has 0 radical (unpaired) electrons. The molecule has 0 spiro atoms. The monoisotopic (exact) mass is 500 g/mol. The van der Waals surface area contributed by atoms with E-state index in [2.05, 4.69) is 38.3 Å². The van der Waals surface area contributed by atoms with E-state index in [9.17, 15) is 0 Å². The lowest BCUT2D eigenvalue weighted by atomic mass is 9.93. The zero-order valence-electron chi connectivity index (χ0n) is 16.8. The fourth-order valence-corrected chi connectivity index (χ4v) is 4.50. The van der Waals surface area contributed by atoms with Crippen LogP contribution >= 0.6 is 24.0 Å². The summed E-state index contributed by atoms with van der Waals surface area (Å²) in [5, 5.41) is 3.63. The lowest BCUT2D eigenvalue weighted by Crippen LogP contribution is -2.43. The lowest BCUT2D eigenvalue weighted by molar-refractivity contribution is 0.0315. The van der Waals surface area contributed by atoms with Crippen molar-refractivity contribution in [2.24, 2.45) is 10.9 Å². The van der Waals surface area contributed by atoms with Gasteiger partial charge in [-0.15, -0.1) is 24.0 Å². The van der Waals surface area contributed by atoms with E-state index < -0.39 is 0 Å². The molecule has 2 atom stereocenters. The number of ether oxygens (including phenoxy) is 2. The van der Waals surface area contributed by atoms with Crippen molar-refractivity contribution in [3.8, 4) is 5.75 Å². The van der Waals surface area contributed by atoms with Crippen LogP contribution in [0.25, 0.3) is 0 Å². The third-order valence-corrected chi connectivity index (χ3v) is 6.01. The molecule has 2 saturated heterocycles. The molecule has 2 fully saturated rings. The number of fused-ring (bicyclic) bond motifs is 1. The van der Waals surface area contributed by atoms with Crippen molar-refractivity contribution < 1.29 is 9.47 Å². The van der Waals surface area contributed by atoms with Crippen molar-refractivity contribution in [1.82, 2.24) is 15.1 Å². The Labute approximate surface area is 185 Å². The molecule has 3 aliphatic rings. The number of nitrogens with one attached hydrogen (secondary N) is 1. The Bertz CT molecular complexity index is 651. The van der Waals surface area contributed by atoms with Gasteiger partial charge in [0.05, 0.1) is 19.8 Å². The fraction of sp³-hybridized carbons (Fsp3) is 0.667. The Morgan fingerprint density at radius 2 is 1.96 bits per heavy atom. The molecule has 156 valence electrons. The van der Waals surface area contributed by atoms with E-state index >= 15 is 0 Å². The molecule has 2 unspecified atom stereocenters. The summed E-state index contributed by atoms with van der Waals surface area (Å²) in [7, 11) is 1.90. The molecule has 0 bridgehead atoms. The minimum absolute atomic E-state index is 0. The van der Waals surface area contributed by atoms with Crippen molar-refractivity contribution in [2.45, 2.75) is 18.8 Å².